The van der Waals surface area contributed by atoms with Crippen LogP contribution in [0.5, 0.6) is 5.75 Å². The lowest BCUT2D eigenvalue weighted by molar-refractivity contribution is -0.187. The van der Waals surface area contributed by atoms with Crippen LogP contribution in [0.15, 0.2) is 24.3 Å². The van der Waals surface area contributed by atoms with E-state index in [1.807, 2.05) is 0 Å². The molecule has 0 spiro atoms. The highest BCUT2D eigenvalue weighted by Gasteiger charge is 2.53. The molecule has 1 heterocycles. The molecule has 1 aromatic rings. The molecule has 25 heavy (non-hydrogen) atoms. The molecule has 136 valence electrons. The molecule has 2 fully saturated rings. The molecule has 2 atom stereocenters. The van der Waals surface area contributed by atoms with E-state index in [0.29, 0.717) is 18.3 Å². The molecule has 1 aliphatic heterocycles. The van der Waals surface area contributed by atoms with Gasteiger partial charge in [-0.1, -0.05) is 12.1 Å². The molecule has 3 rings (SSSR count). The number of carboxylic acids is 1. The van der Waals surface area contributed by atoms with E-state index in [0.717, 1.165) is 17.7 Å². The van der Waals surface area contributed by atoms with Crippen LogP contribution in [0.1, 0.15) is 23.2 Å². The minimum Gasteiger partial charge on any atom is -0.492 e. The first-order valence-electron chi connectivity index (χ1n) is 8.08. The van der Waals surface area contributed by atoms with Gasteiger partial charge in [-0.05, 0) is 30.9 Å². The first kappa shape index (κ1) is 17.6. The topological polar surface area (TPSA) is 66.8 Å². The van der Waals surface area contributed by atoms with Crippen LogP contribution in [0.2, 0.25) is 0 Å². The zero-order chi connectivity index (χ0) is 18.2. The highest BCUT2D eigenvalue weighted by atomic mass is 19.4. The smallest absolute Gasteiger partial charge is 0.394 e. The van der Waals surface area contributed by atoms with E-state index in [9.17, 15) is 22.8 Å². The quantitative estimate of drug-likeness (QED) is 0.880. The van der Waals surface area contributed by atoms with Gasteiger partial charge in [0.25, 0.3) is 5.91 Å². The summed E-state index contributed by atoms with van der Waals surface area (Å²) < 4.78 is 44.9. The van der Waals surface area contributed by atoms with Crippen LogP contribution in [0.25, 0.3) is 0 Å². The van der Waals surface area contributed by atoms with Gasteiger partial charge in [0.2, 0.25) is 0 Å². The zero-order valence-electron chi connectivity index (χ0n) is 13.3. The Labute approximate surface area is 142 Å². The lowest BCUT2D eigenvalue weighted by Gasteiger charge is -2.19. The fraction of sp³-hybridized carbons (Fsp3) is 0.529. The summed E-state index contributed by atoms with van der Waals surface area (Å²) in [4.78, 5) is 24.8. The predicted molar refractivity (Wildman–Crippen MR) is 81.2 cm³/mol. The molecule has 1 aromatic carbocycles. The number of carbonyl (C=O) groups is 2. The number of ether oxygens (including phenoxy) is 1. The Morgan fingerprint density at radius 1 is 1.20 bits per heavy atom. The zero-order valence-corrected chi connectivity index (χ0v) is 13.3. The van der Waals surface area contributed by atoms with Crippen molar-refractivity contribution in [1.29, 1.82) is 0 Å². The van der Waals surface area contributed by atoms with Crippen LogP contribution in [0, 0.1) is 17.8 Å². The van der Waals surface area contributed by atoms with Crippen molar-refractivity contribution in [2.24, 2.45) is 17.8 Å². The number of benzene rings is 1. The van der Waals surface area contributed by atoms with Crippen LogP contribution < -0.4 is 4.74 Å². The number of hydrogen-bond donors (Lipinski definition) is 1. The average Bonchev–Trinajstić information content (AvgIpc) is 3.26. The normalized spacial score (nSPS) is 23.6. The molecule has 2 aliphatic rings. The first-order valence-corrected chi connectivity index (χ1v) is 8.08. The standard InChI is InChI=1S/C17H18F3NO4/c18-17(19,20)13-8-21(7-12(13)16(23)24)15(22)11-3-1-2-4-14(11)25-9-10-5-6-10/h1-4,10,12-13H,5-9H2,(H,23,24)/t12-,13-/m1/s1. The molecule has 5 nitrogen and oxygen atoms in total. The van der Waals surface area contributed by atoms with Gasteiger partial charge in [-0.3, -0.25) is 9.59 Å². The Morgan fingerprint density at radius 3 is 2.44 bits per heavy atom. The molecule has 1 aliphatic carbocycles. The van der Waals surface area contributed by atoms with Gasteiger partial charge in [0.05, 0.1) is 24.0 Å². The van der Waals surface area contributed by atoms with Crippen molar-refractivity contribution < 1.29 is 32.6 Å². The number of halogens is 3. The SMILES string of the molecule is O=C(O)[C@@H]1CN(C(=O)c2ccccc2OCC2CC2)C[C@H]1C(F)(F)F. The monoisotopic (exact) mass is 357 g/mol. The molecule has 0 radical (unpaired) electrons. The Bertz CT molecular complexity index is 672. The Morgan fingerprint density at radius 2 is 1.88 bits per heavy atom. The molecule has 1 saturated carbocycles. The van der Waals surface area contributed by atoms with Crippen molar-refractivity contribution >= 4 is 11.9 Å². The van der Waals surface area contributed by atoms with Crippen LogP contribution in [-0.2, 0) is 4.79 Å². The summed E-state index contributed by atoms with van der Waals surface area (Å²) in [6, 6.07) is 6.37. The maximum Gasteiger partial charge on any atom is 0.394 e. The molecule has 0 aromatic heterocycles. The minimum absolute atomic E-state index is 0.162. The third-order valence-electron chi connectivity index (χ3n) is 4.63. The molecular formula is C17H18F3NO4. The third-order valence-corrected chi connectivity index (χ3v) is 4.63. The van der Waals surface area contributed by atoms with E-state index in [-0.39, 0.29) is 5.56 Å². The fourth-order valence-corrected chi connectivity index (χ4v) is 2.98. The number of nitrogens with zero attached hydrogens (tertiary/aromatic N) is 1. The number of aliphatic carboxylic acids is 1. The third kappa shape index (κ3) is 3.88. The van der Waals surface area contributed by atoms with Crippen LogP contribution >= 0.6 is 0 Å². The van der Waals surface area contributed by atoms with Crippen molar-refractivity contribution in [2.75, 3.05) is 19.7 Å². The van der Waals surface area contributed by atoms with Gasteiger partial charge in [-0.15, -0.1) is 0 Å². The second kappa shape index (κ2) is 6.57. The summed E-state index contributed by atoms with van der Waals surface area (Å²) in [6.45, 7) is -0.654. The molecule has 8 heteroatoms. The van der Waals surface area contributed by atoms with Crippen LogP contribution in [-0.4, -0.2) is 47.8 Å². The summed E-state index contributed by atoms with van der Waals surface area (Å²) >= 11 is 0. The van der Waals surface area contributed by atoms with Gasteiger partial charge >= 0.3 is 12.1 Å². The Balaban J connectivity index is 1.78. The molecule has 1 amide bonds. The Hall–Kier alpha value is -2.25. The van der Waals surface area contributed by atoms with E-state index in [1.165, 1.54) is 6.07 Å². The second-order valence-electron chi connectivity index (χ2n) is 6.55. The summed E-state index contributed by atoms with van der Waals surface area (Å²) in [5.41, 5.74) is 0.162. The molecule has 0 bridgehead atoms. The molecule has 1 saturated heterocycles. The molecule has 0 unspecified atom stereocenters. The number of para-hydroxylation sites is 1. The van der Waals surface area contributed by atoms with Crippen molar-refractivity contribution in [1.82, 2.24) is 4.90 Å². The number of carboxylic acid groups (broad SMARTS) is 1. The molecular weight excluding hydrogens is 339 g/mol. The van der Waals surface area contributed by atoms with Gasteiger partial charge in [0.15, 0.2) is 0 Å². The number of carbonyl (C=O) groups excluding carboxylic acids is 1. The van der Waals surface area contributed by atoms with Gasteiger partial charge < -0.3 is 14.7 Å². The first-order chi connectivity index (χ1) is 11.8. The minimum atomic E-state index is -4.67. The molecule has 1 N–H and O–H groups in total. The number of amides is 1. The number of hydrogen-bond acceptors (Lipinski definition) is 3. The Kier molecular flexibility index (Phi) is 4.62. The summed E-state index contributed by atoms with van der Waals surface area (Å²) in [5.74, 6) is -5.11. The number of alkyl halides is 3. The largest absolute Gasteiger partial charge is 0.492 e. The van der Waals surface area contributed by atoms with E-state index < -0.39 is 43.0 Å². The lowest BCUT2D eigenvalue weighted by atomic mass is 9.96. The highest BCUT2D eigenvalue weighted by Crippen LogP contribution is 2.39. The van der Waals surface area contributed by atoms with Gasteiger partial charge in [0, 0.05) is 13.1 Å². The van der Waals surface area contributed by atoms with Crippen LogP contribution in [0.3, 0.4) is 0 Å². The van der Waals surface area contributed by atoms with Crippen molar-refractivity contribution in [3.05, 3.63) is 29.8 Å². The number of rotatable bonds is 5. The lowest BCUT2D eigenvalue weighted by Crippen LogP contribution is -2.34. The van der Waals surface area contributed by atoms with Gasteiger partial charge in [-0.25, -0.2) is 0 Å². The summed E-state index contributed by atoms with van der Waals surface area (Å²) in [6.07, 6.45) is -2.54. The maximum atomic E-state index is 13.1. The van der Waals surface area contributed by atoms with Crippen LogP contribution in [0.4, 0.5) is 13.2 Å². The second-order valence-corrected chi connectivity index (χ2v) is 6.55. The highest BCUT2D eigenvalue weighted by molar-refractivity contribution is 5.97. The van der Waals surface area contributed by atoms with Gasteiger partial charge in [0.1, 0.15) is 5.75 Å². The van der Waals surface area contributed by atoms with Crippen molar-refractivity contribution in [3.63, 3.8) is 0 Å². The van der Waals surface area contributed by atoms with E-state index in [2.05, 4.69) is 0 Å². The summed E-state index contributed by atoms with van der Waals surface area (Å²) in [7, 11) is 0. The van der Waals surface area contributed by atoms with E-state index in [1.54, 1.807) is 18.2 Å². The number of likely N-dealkylation sites (tertiary alicyclic amines) is 1. The van der Waals surface area contributed by atoms with Gasteiger partial charge in [-0.2, -0.15) is 13.2 Å². The average molecular weight is 357 g/mol. The van der Waals surface area contributed by atoms with Crippen molar-refractivity contribution in [3.8, 4) is 5.75 Å². The predicted octanol–water partition coefficient (Wildman–Crippen LogP) is 2.81. The van der Waals surface area contributed by atoms with Crippen molar-refractivity contribution in [2.45, 2.75) is 19.0 Å². The fourth-order valence-electron chi connectivity index (χ4n) is 2.98. The summed E-state index contributed by atoms with van der Waals surface area (Å²) in [5, 5.41) is 9.06. The maximum absolute atomic E-state index is 13.1. The van der Waals surface area contributed by atoms with E-state index >= 15 is 0 Å². The van der Waals surface area contributed by atoms with E-state index in [4.69, 9.17) is 9.84 Å².